The molecule has 1 saturated heterocycles. The van der Waals surface area contributed by atoms with Crippen LogP contribution >= 0.6 is 0 Å². The Labute approximate surface area is 88.9 Å². The molecule has 15 heavy (non-hydrogen) atoms. The van der Waals surface area contributed by atoms with Crippen LogP contribution in [0.25, 0.3) is 0 Å². The van der Waals surface area contributed by atoms with Gasteiger partial charge < -0.3 is 10.5 Å². The molecule has 1 unspecified atom stereocenters. The summed E-state index contributed by atoms with van der Waals surface area (Å²) in [6.45, 7) is 0. The van der Waals surface area contributed by atoms with Gasteiger partial charge in [-0.25, -0.2) is 8.42 Å². The zero-order valence-corrected chi connectivity index (χ0v) is 9.42. The summed E-state index contributed by atoms with van der Waals surface area (Å²) < 4.78 is 27.1. The third kappa shape index (κ3) is 1.65. The Kier molecular flexibility index (Phi) is 2.31. The van der Waals surface area contributed by atoms with Crippen molar-refractivity contribution in [1.29, 1.82) is 0 Å². The molecule has 2 aliphatic rings. The number of hydrogen-bond acceptors (Lipinski definition) is 5. The van der Waals surface area contributed by atoms with Crippen LogP contribution in [0.3, 0.4) is 0 Å². The first kappa shape index (κ1) is 10.9. The zero-order valence-electron chi connectivity index (χ0n) is 8.60. The highest BCUT2D eigenvalue weighted by atomic mass is 32.2. The van der Waals surface area contributed by atoms with Crippen LogP contribution in [-0.2, 0) is 19.4 Å². The summed E-state index contributed by atoms with van der Waals surface area (Å²) in [5.74, 6) is -0.131. The Morgan fingerprint density at radius 2 is 2.00 bits per heavy atom. The number of sulfone groups is 1. The van der Waals surface area contributed by atoms with E-state index in [0.717, 1.165) is 12.8 Å². The predicted molar refractivity (Wildman–Crippen MR) is 53.8 cm³/mol. The van der Waals surface area contributed by atoms with E-state index in [1.807, 2.05) is 0 Å². The van der Waals surface area contributed by atoms with Crippen LogP contribution in [0.15, 0.2) is 0 Å². The lowest BCUT2D eigenvalue weighted by Crippen LogP contribution is -2.63. The molecule has 0 radical (unpaired) electrons. The number of esters is 1. The van der Waals surface area contributed by atoms with Gasteiger partial charge in [0.25, 0.3) is 0 Å². The van der Waals surface area contributed by atoms with Crippen LogP contribution < -0.4 is 5.73 Å². The maximum absolute atomic E-state index is 11.4. The first-order valence-corrected chi connectivity index (χ1v) is 6.77. The van der Waals surface area contributed by atoms with E-state index in [4.69, 9.17) is 5.73 Å². The van der Waals surface area contributed by atoms with E-state index in [2.05, 4.69) is 4.74 Å². The van der Waals surface area contributed by atoms with Gasteiger partial charge in [0.1, 0.15) is 6.04 Å². The minimum atomic E-state index is -2.97. The molecule has 2 N–H and O–H groups in total. The molecule has 1 aliphatic carbocycles. The van der Waals surface area contributed by atoms with Crippen LogP contribution in [0.1, 0.15) is 12.8 Å². The summed E-state index contributed by atoms with van der Waals surface area (Å²) in [5, 5.41) is 0. The highest BCUT2D eigenvalue weighted by molar-refractivity contribution is 7.92. The Morgan fingerprint density at radius 3 is 2.33 bits per heavy atom. The van der Waals surface area contributed by atoms with Crippen molar-refractivity contribution in [3.63, 3.8) is 0 Å². The second kappa shape index (κ2) is 3.18. The van der Waals surface area contributed by atoms with Gasteiger partial charge in [-0.15, -0.1) is 0 Å². The quantitative estimate of drug-likeness (QED) is 0.652. The van der Waals surface area contributed by atoms with Crippen LogP contribution in [0.4, 0.5) is 0 Å². The largest absolute Gasteiger partial charge is 0.468 e. The van der Waals surface area contributed by atoms with Crippen LogP contribution in [0, 0.1) is 11.3 Å². The average molecular weight is 233 g/mol. The monoisotopic (exact) mass is 233 g/mol. The number of nitrogens with two attached hydrogens (primary N) is 1. The molecular weight excluding hydrogens is 218 g/mol. The molecule has 1 heterocycles. The van der Waals surface area contributed by atoms with E-state index < -0.39 is 27.3 Å². The van der Waals surface area contributed by atoms with Gasteiger partial charge in [0.2, 0.25) is 0 Å². The minimum absolute atomic E-state index is 0.0426. The molecule has 1 saturated carbocycles. The Bertz CT molecular complexity index is 373. The van der Waals surface area contributed by atoms with Crippen molar-refractivity contribution in [1.82, 2.24) is 0 Å². The summed E-state index contributed by atoms with van der Waals surface area (Å²) >= 11 is 0. The molecule has 0 bridgehead atoms. The van der Waals surface area contributed by atoms with Crippen molar-refractivity contribution in [2.75, 3.05) is 18.6 Å². The van der Waals surface area contributed by atoms with Gasteiger partial charge in [-0.1, -0.05) is 0 Å². The number of carbonyl (C=O) groups excluding carboxylic acids is 1. The standard InChI is InChI=1S/C9H15NO4S/c1-14-8(11)7(10)9(6-2-3-6)4-15(12,13)5-9/h6-7H,2-5,10H2,1H3. The lowest BCUT2D eigenvalue weighted by Gasteiger charge is -2.44. The third-order valence-electron chi connectivity index (χ3n) is 3.44. The fourth-order valence-corrected chi connectivity index (χ4v) is 4.85. The molecule has 86 valence electrons. The number of methoxy groups -OCH3 is 1. The first-order valence-electron chi connectivity index (χ1n) is 4.95. The van der Waals surface area contributed by atoms with Crippen LogP contribution in [0.2, 0.25) is 0 Å². The predicted octanol–water partition coefficient (Wildman–Crippen LogP) is -0.688. The summed E-state index contributed by atoms with van der Waals surface area (Å²) in [6.07, 6.45) is 1.94. The minimum Gasteiger partial charge on any atom is -0.468 e. The maximum atomic E-state index is 11.4. The van der Waals surface area contributed by atoms with Gasteiger partial charge in [0, 0.05) is 5.41 Å². The Morgan fingerprint density at radius 1 is 1.47 bits per heavy atom. The molecule has 0 amide bonds. The van der Waals surface area contributed by atoms with E-state index in [0.29, 0.717) is 0 Å². The van der Waals surface area contributed by atoms with E-state index in [9.17, 15) is 13.2 Å². The lowest BCUT2D eigenvalue weighted by atomic mass is 9.78. The molecule has 1 aliphatic heterocycles. The normalized spacial score (nSPS) is 28.9. The van der Waals surface area contributed by atoms with Gasteiger partial charge in [-0.2, -0.15) is 0 Å². The zero-order chi connectivity index (χ0) is 11.3. The Balaban J connectivity index is 2.18. The van der Waals surface area contributed by atoms with Crippen molar-refractivity contribution in [3.05, 3.63) is 0 Å². The fourth-order valence-electron chi connectivity index (χ4n) is 2.47. The van der Waals surface area contributed by atoms with Gasteiger partial charge in [-0.05, 0) is 18.8 Å². The molecule has 0 aromatic rings. The van der Waals surface area contributed by atoms with Crippen molar-refractivity contribution >= 4 is 15.8 Å². The second-order valence-corrected chi connectivity index (χ2v) is 6.61. The molecule has 1 atom stereocenters. The third-order valence-corrected chi connectivity index (χ3v) is 5.40. The number of hydrogen-bond donors (Lipinski definition) is 1. The van der Waals surface area contributed by atoms with Gasteiger partial charge in [0.05, 0.1) is 18.6 Å². The van der Waals surface area contributed by atoms with Crippen molar-refractivity contribution in [2.45, 2.75) is 18.9 Å². The summed E-state index contributed by atoms with van der Waals surface area (Å²) in [4.78, 5) is 11.4. The van der Waals surface area contributed by atoms with Gasteiger partial charge >= 0.3 is 5.97 Å². The highest BCUT2D eigenvalue weighted by Crippen LogP contribution is 2.53. The van der Waals surface area contributed by atoms with Gasteiger partial charge in [-0.3, -0.25) is 4.79 Å². The van der Waals surface area contributed by atoms with Crippen molar-refractivity contribution in [3.8, 4) is 0 Å². The number of carbonyl (C=O) groups is 1. The van der Waals surface area contributed by atoms with Crippen LogP contribution in [-0.4, -0.2) is 39.0 Å². The summed E-state index contributed by atoms with van der Waals surface area (Å²) in [7, 11) is -1.69. The lowest BCUT2D eigenvalue weighted by molar-refractivity contribution is -0.145. The summed E-state index contributed by atoms with van der Waals surface area (Å²) in [6, 6.07) is -0.793. The molecule has 0 spiro atoms. The number of ether oxygens (including phenoxy) is 1. The molecule has 0 aromatic carbocycles. The molecule has 5 nitrogen and oxygen atoms in total. The molecular formula is C9H15NO4S. The summed E-state index contributed by atoms with van der Waals surface area (Å²) in [5.41, 5.74) is 5.26. The first-order chi connectivity index (χ1) is 6.91. The number of rotatable bonds is 3. The SMILES string of the molecule is COC(=O)C(N)C1(C2CC2)CS(=O)(=O)C1. The average Bonchev–Trinajstić information content (AvgIpc) is 2.94. The van der Waals surface area contributed by atoms with E-state index in [1.165, 1.54) is 7.11 Å². The van der Waals surface area contributed by atoms with Crippen LogP contribution in [0.5, 0.6) is 0 Å². The second-order valence-electron chi connectivity index (χ2n) is 4.54. The van der Waals surface area contributed by atoms with Crippen molar-refractivity contribution < 1.29 is 17.9 Å². The van der Waals surface area contributed by atoms with E-state index >= 15 is 0 Å². The molecule has 2 rings (SSSR count). The van der Waals surface area contributed by atoms with Gasteiger partial charge in [0.15, 0.2) is 9.84 Å². The van der Waals surface area contributed by atoms with E-state index in [1.54, 1.807) is 0 Å². The van der Waals surface area contributed by atoms with Crippen molar-refractivity contribution in [2.24, 2.45) is 17.1 Å². The topological polar surface area (TPSA) is 86.5 Å². The van der Waals surface area contributed by atoms with E-state index in [-0.39, 0.29) is 17.4 Å². The maximum Gasteiger partial charge on any atom is 0.323 e. The fraction of sp³-hybridized carbons (Fsp3) is 0.889. The Hall–Kier alpha value is -0.620. The molecule has 6 heteroatoms. The smallest absolute Gasteiger partial charge is 0.323 e. The molecule has 2 fully saturated rings. The highest BCUT2D eigenvalue weighted by Gasteiger charge is 2.62. The molecule has 0 aromatic heterocycles.